The van der Waals surface area contributed by atoms with Gasteiger partial charge in [0.25, 0.3) is 0 Å². The minimum Gasteiger partial charge on any atom is -0.486 e. The maximum atomic E-state index is 6.22. The van der Waals surface area contributed by atoms with Crippen molar-refractivity contribution in [1.29, 1.82) is 0 Å². The number of nitrogens with two attached hydrogens (primary N) is 1. The molecule has 2 N–H and O–H groups in total. The molecule has 1 aromatic rings. The smallest absolute Gasteiger partial charge is 0.164 e. The maximum absolute atomic E-state index is 6.22. The molecule has 3 rings (SSSR count). The van der Waals surface area contributed by atoms with Gasteiger partial charge in [0.2, 0.25) is 0 Å². The Hall–Kier alpha value is -0.930. The van der Waals surface area contributed by atoms with Crippen LogP contribution >= 0.6 is 11.6 Å². The summed E-state index contributed by atoms with van der Waals surface area (Å²) in [6, 6.07) is 1.84. The van der Waals surface area contributed by atoms with Crippen molar-refractivity contribution in [3.05, 3.63) is 22.2 Å². The molecule has 1 aliphatic carbocycles. The fourth-order valence-electron chi connectivity index (χ4n) is 2.22. The van der Waals surface area contributed by atoms with Crippen molar-refractivity contribution in [3.8, 4) is 11.5 Å². The van der Waals surface area contributed by atoms with Crippen LogP contribution in [0.1, 0.15) is 24.0 Å². The van der Waals surface area contributed by atoms with Crippen molar-refractivity contribution in [2.24, 2.45) is 5.73 Å². The first kappa shape index (κ1) is 11.2. The van der Waals surface area contributed by atoms with Crippen molar-refractivity contribution in [1.82, 2.24) is 0 Å². The Morgan fingerprint density at radius 2 is 2.06 bits per heavy atom. The van der Waals surface area contributed by atoms with Gasteiger partial charge in [-0.1, -0.05) is 11.6 Å². The number of ether oxygens (including phenoxy) is 2. The summed E-state index contributed by atoms with van der Waals surface area (Å²) in [5, 5.41) is 0.730. The van der Waals surface area contributed by atoms with Gasteiger partial charge in [0.1, 0.15) is 13.2 Å². The minimum absolute atomic E-state index is 0.0516. The van der Waals surface area contributed by atoms with Crippen LogP contribution in [0.25, 0.3) is 0 Å². The molecule has 0 bridgehead atoms. The van der Waals surface area contributed by atoms with E-state index in [2.05, 4.69) is 0 Å². The lowest BCUT2D eigenvalue weighted by Gasteiger charge is -2.24. The van der Waals surface area contributed by atoms with Crippen molar-refractivity contribution < 1.29 is 9.47 Å². The summed E-state index contributed by atoms with van der Waals surface area (Å²) < 4.78 is 11.3. The second-order valence-electron chi connectivity index (χ2n) is 5.03. The zero-order valence-corrected chi connectivity index (χ0v) is 10.6. The largest absolute Gasteiger partial charge is 0.486 e. The quantitative estimate of drug-likeness (QED) is 0.881. The second kappa shape index (κ2) is 3.79. The fraction of sp³-hybridized carbons (Fsp3) is 0.538. The van der Waals surface area contributed by atoms with Crippen LogP contribution in [0, 0.1) is 6.92 Å². The van der Waals surface area contributed by atoms with Gasteiger partial charge in [0.05, 0.1) is 0 Å². The lowest BCUT2D eigenvalue weighted by molar-refractivity contribution is 0.169. The molecule has 0 aromatic heterocycles. The molecule has 0 saturated heterocycles. The average molecular weight is 254 g/mol. The van der Waals surface area contributed by atoms with Crippen LogP contribution in [0.4, 0.5) is 0 Å². The first-order valence-electron chi connectivity index (χ1n) is 5.95. The summed E-state index contributed by atoms with van der Waals surface area (Å²) in [5.41, 5.74) is 8.32. The van der Waals surface area contributed by atoms with E-state index >= 15 is 0 Å². The lowest BCUT2D eigenvalue weighted by Crippen LogP contribution is -2.26. The zero-order valence-electron chi connectivity index (χ0n) is 9.88. The number of hydrogen-bond acceptors (Lipinski definition) is 3. The molecule has 0 amide bonds. The van der Waals surface area contributed by atoms with Crippen LogP contribution in [0.2, 0.25) is 5.02 Å². The molecule has 0 unspecified atom stereocenters. The summed E-state index contributed by atoms with van der Waals surface area (Å²) in [6.07, 6.45) is 2.98. The van der Waals surface area contributed by atoms with Crippen LogP contribution in [0.3, 0.4) is 0 Å². The molecule has 92 valence electrons. The first-order chi connectivity index (χ1) is 8.09. The first-order valence-corrected chi connectivity index (χ1v) is 6.33. The third kappa shape index (κ3) is 1.98. The molecule has 0 radical (unpaired) electrons. The van der Waals surface area contributed by atoms with E-state index in [1.807, 2.05) is 13.0 Å². The number of hydrogen-bond donors (Lipinski definition) is 1. The summed E-state index contributed by atoms with van der Waals surface area (Å²) in [5.74, 6) is 1.60. The van der Waals surface area contributed by atoms with E-state index in [1.165, 1.54) is 0 Å². The molecule has 2 aliphatic rings. The van der Waals surface area contributed by atoms with Crippen LogP contribution < -0.4 is 15.2 Å². The molecule has 0 atom stereocenters. The standard InChI is InChI=1S/C13H16ClNO2/c1-8-9(7-13(15)2-3-13)12-11(6-10(8)14)16-4-5-17-12/h6H,2-5,7,15H2,1H3. The number of halogens is 1. The minimum atomic E-state index is -0.0516. The zero-order chi connectivity index (χ0) is 12.0. The Morgan fingerprint density at radius 1 is 1.35 bits per heavy atom. The predicted octanol–water partition coefficient (Wildman–Crippen LogP) is 2.45. The molecule has 3 nitrogen and oxygen atoms in total. The molecule has 1 aromatic carbocycles. The highest BCUT2D eigenvalue weighted by Crippen LogP contribution is 2.44. The molecule has 1 heterocycles. The number of benzene rings is 1. The second-order valence-corrected chi connectivity index (χ2v) is 5.43. The van der Waals surface area contributed by atoms with Crippen LogP contribution in [0.5, 0.6) is 11.5 Å². The monoisotopic (exact) mass is 253 g/mol. The Morgan fingerprint density at radius 3 is 2.76 bits per heavy atom. The van der Waals surface area contributed by atoms with Crippen LogP contribution in [-0.4, -0.2) is 18.8 Å². The summed E-state index contributed by atoms with van der Waals surface area (Å²) >= 11 is 6.22. The Kier molecular flexibility index (Phi) is 2.49. The van der Waals surface area contributed by atoms with E-state index in [0.717, 1.165) is 46.9 Å². The van der Waals surface area contributed by atoms with Gasteiger partial charge in [0, 0.05) is 22.2 Å². The SMILES string of the molecule is Cc1c(Cl)cc2c(c1CC1(N)CC1)OCCO2. The van der Waals surface area contributed by atoms with E-state index < -0.39 is 0 Å². The molecular formula is C13H16ClNO2. The van der Waals surface area contributed by atoms with Crippen molar-refractivity contribution in [3.63, 3.8) is 0 Å². The van der Waals surface area contributed by atoms with Crippen molar-refractivity contribution in [2.45, 2.75) is 31.7 Å². The van der Waals surface area contributed by atoms with Gasteiger partial charge in [-0.05, 0) is 31.7 Å². The Balaban J connectivity index is 2.06. The van der Waals surface area contributed by atoms with Crippen LogP contribution in [0.15, 0.2) is 6.07 Å². The van der Waals surface area contributed by atoms with Gasteiger partial charge >= 0.3 is 0 Å². The van der Waals surface area contributed by atoms with Gasteiger partial charge in [-0.15, -0.1) is 0 Å². The van der Waals surface area contributed by atoms with E-state index in [0.29, 0.717) is 13.2 Å². The molecule has 4 heteroatoms. The van der Waals surface area contributed by atoms with Gasteiger partial charge < -0.3 is 15.2 Å². The summed E-state index contributed by atoms with van der Waals surface area (Å²) in [4.78, 5) is 0. The van der Waals surface area contributed by atoms with Gasteiger partial charge in [0.15, 0.2) is 11.5 Å². The van der Waals surface area contributed by atoms with Crippen LogP contribution in [-0.2, 0) is 6.42 Å². The topological polar surface area (TPSA) is 44.5 Å². The molecular weight excluding hydrogens is 238 g/mol. The third-order valence-corrected chi connectivity index (χ3v) is 3.97. The average Bonchev–Trinajstić information content (AvgIpc) is 3.03. The van der Waals surface area contributed by atoms with Crippen molar-refractivity contribution in [2.75, 3.05) is 13.2 Å². The fourth-order valence-corrected chi connectivity index (χ4v) is 2.43. The van der Waals surface area contributed by atoms with E-state index in [4.69, 9.17) is 26.8 Å². The molecule has 17 heavy (non-hydrogen) atoms. The van der Waals surface area contributed by atoms with E-state index in [9.17, 15) is 0 Å². The number of fused-ring (bicyclic) bond motifs is 1. The highest BCUT2D eigenvalue weighted by atomic mass is 35.5. The van der Waals surface area contributed by atoms with Gasteiger partial charge in [-0.3, -0.25) is 0 Å². The molecule has 0 spiro atoms. The highest BCUT2D eigenvalue weighted by molar-refractivity contribution is 6.31. The predicted molar refractivity (Wildman–Crippen MR) is 67.0 cm³/mol. The third-order valence-electron chi connectivity index (χ3n) is 3.57. The Labute approximate surface area is 106 Å². The van der Waals surface area contributed by atoms with Gasteiger partial charge in [-0.2, -0.15) is 0 Å². The van der Waals surface area contributed by atoms with Crippen molar-refractivity contribution >= 4 is 11.6 Å². The molecule has 1 saturated carbocycles. The summed E-state index contributed by atoms with van der Waals surface area (Å²) in [7, 11) is 0. The summed E-state index contributed by atoms with van der Waals surface area (Å²) in [6.45, 7) is 3.19. The highest BCUT2D eigenvalue weighted by Gasteiger charge is 2.40. The molecule has 1 aliphatic heterocycles. The molecule has 1 fully saturated rings. The normalized spacial score (nSPS) is 20.2. The maximum Gasteiger partial charge on any atom is 0.164 e. The van der Waals surface area contributed by atoms with Gasteiger partial charge in [-0.25, -0.2) is 0 Å². The number of rotatable bonds is 2. The van der Waals surface area contributed by atoms with E-state index in [1.54, 1.807) is 0 Å². The Bertz CT molecular complexity index is 469. The lowest BCUT2D eigenvalue weighted by atomic mass is 9.98. The van der Waals surface area contributed by atoms with E-state index in [-0.39, 0.29) is 5.54 Å².